The molecule has 1 aliphatic heterocycles. The average molecular weight is 404 g/mol. The fourth-order valence-corrected chi connectivity index (χ4v) is 3.89. The highest BCUT2D eigenvalue weighted by atomic mass is 32.2. The highest BCUT2D eigenvalue weighted by Gasteiger charge is 2.27. The number of hydrogen-bond donors (Lipinski definition) is 1. The maximum absolute atomic E-state index is 12.5. The van der Waals surface area contributed by atoms with Crippen molar-refractivity contribution >= 4 is 15.5 Å². The zero-order chi connectivity index (χ0) is 20.1. The number of aromatic nitrogens is 1. The number of nitrogens with zero attached hydrogens (tertiary/aromatic N) is 1. The van der Waals surface area contributed by atoms with Crippen LogP contribution in [0.2, 0.25) is 0 Å². The molecular formula is C20H24N2O5S. The molecule has 4 rings (SSSR count). The molecule has 2 aliphatic rings. The molecule has 0 radical (unpaired) electrons. The number of pyridine rings is 1. The minimum absolute atomic E-state index is 0.118. The van der Waals surface area contributed by atoms with Crippen molar-refractivity contribution in [2.45, 2.75) is 30.8 Å². The number of benzene rings is 1. The molecule has 150 valence electrons. The minimum Gasteiger partial charge on any atom is -0.493 e. The highest BCUT2D eigenvalue weighted by molar-refractivity contribution is 7.90. The Hall–Kier alpha value is -2.48. The normalized spacial score (nSPS) is 18.8. The standard InChI is InChI=1S/C20H24N2O5S/c1-12-9-21-18-19(27-12)16(10-22(2)20(18)23)15-8-14(28(3,24)25)6-7-17(15)26-11-13-4-5-13/h6-8,10,12-13,21H,4-5,9,11H2,1-3H3. The van der Waals surface area contributed by atoms with Gasteiger partial charge in [0.25, 0.3) is 5.56 Å². The smallest absolute Gasteiger partial charge is 0.277 e. The Morgan fingerprint density at radius 3 is 2.71 bits per heavy atom. The molecule has 1 aromatic heterocycles. The Balaban J connectivity index is 1.91. The maximum atomic E-state index is 12.5. The van der Waals surface area contributed by atoms with Crippen LogP contribution >= 0.6 is 0 Å². The lowest BCUT2D eigenvalue weighted by Crippen LogP contribution is -2.33. The molecule has 1 aliphatic carbocycles. The van der Waals surface area contributed by atoms with Gasteiger partial charge in [-0.2, -0.15) is 0 Å². The van der Waals surface area contributed by atoms with E-state index in [1.54, 1.807) is 31.4 Å². The first kappa shape index (κ1) is 18.9. The van der Waals surface area contributed by atoms with Gasteiger partial charge >= 0.3 is 0 Å². The summed E-state index contributed by atoms with van der Waals surface area (Å²) in [6, 6.07) is 4.84. The first-order valence-electron chi connectivity index (χ1n) is 9.35. The van der Waals surface area contributed by atoms with E-state index < -0.39 is 9.84 Å². The number of nitrogens with one attached hydrogen (secondary N) is 1. The molecule has 1 aromatic carbocycles. The first-order valence-corrected chi connectivity index (χ1v) is 11.2. The zero-order valence-corrected chi connectivity index (χ0v) is 17.0. The molecule has 1 saturated carbocycles. The van der Waals surface area contributed by atoms with Gasteiger partial charge in [0, 0.05) is 30.6 Å². The van der Waals surface area contributed by atoms with E-state index in [0.717, 1.165) is 12.8 Å². The maximum Gasteiger partial charge on any atom is 0.277 e. The molecule has 0 bridgehead atoms. The molecule has 0 amide bonds. The second kappa shape index (κ2) is 6.84. The molecule has 1 atom stereocenters. The first-order chi connectivity index (χ1) is 13.2. The average Bonchev–Trinajstić information content (AvgIpc) is 3.46. The molecule has 2 heterocycles. The Morgan fingerprint density at radius 2 is 2.04 bits per heavy atom. The van der Waals surface area contributed by atoms with E-state index >= 15 is 0 Å². The zero-order valence-electron chi connectivity index (χ0n) is 16.2. The lowest BCUT2D eigenvalue weighted by Gasteiger charge is -2.27. The number of anilines is 1. The number of fused-ring (bicyclic) bond motifs is 1. The predicted molar refractivity (Wildman–Crippen MR) is 107 cm³/mol. The second-order valence-electron chi connectivity index (χ2n) is 7.66. The summed E-state index contributed by atoms with van der Waals surface area (Å²) in [5.74, 6) is 1.57. The summed E-state index contributed by atoms with van der Waals surface area (Å²) in [6.45, 7) is 3.03. The number of aryl methyl sites for hydroxylation is 1. The SMILES string of the molecule is CC1CNc2c(c(-c3cc(S(C)(=O)=O)ccc3OCC3CC3)cn(C)c2=O)O1. The monoisotopic (exact) mass is 404 g/mol. The van der Waals surface area contributed by atoms with E-state index in [-0.39, 0.29) is 16.6 Å². The van der Waals surface area contributed by atoms with Gasteiger partial charge in [-0.05, 0) is 43.9 Å². The summed E-state index contributed by atoms with van der Waals surface area (Å²) in [4.78, 5) is 12.7. The lowest BCUT2D eigenvalue weighted by molar-refractivity contribution is 0.226. The van der Waals surface area contributed by atoms with Crippen LogP contribution in [0.15, 0.2) is 34.1 Å². The van der Waals surface area contributed by atoms with Gasteiger partial charge < -0.3 is 19.4 Å². The van der Waals surface area contributed by atoms with Crippen LogP contribution < -0.4 is 20.3 Å². The van der Waals surface area contributed by atoms with Crippen molar-refractivity contribution in [2.75, 3.05) is 24.7 Å². The summed E-state index contributed by atoms with van der Waals surface area (Å²) in [6.07, 6.45) is 5.03. The molecule has 1 unspecified atom stereocenters. The van der Waals surface area contributed by atoms with Gasteiger partial charge in [-0.15, -0.1) is 0 Å². The van der Waals surface area contributed by atoms with Crippen molar-refractivity contribution in [3.8, 4) is 22.6 Å². The summed E-state index contributed by atoms with van der Waals surface area (Å²) in [5, 5.41) is 3.14. The van der Waals surface area contributed by atoms with Crippen LogP contribution in [0.1, 0.15) is 19.8 Å². The van der Waals surface area contributed by atoms with Crippen LogP contribution in [0.25, 0.3) is 11.1 Å². The summed E-state index contributed by atoms with van der Waals surface area (Å²) < 4.78 is 37.7. The van der Waals surface area contributed by atoms with Crippen molar-refractivity contribution < 1.29 is 17.9 Å². The van der Waals surface area contributed by atoms with Gasteiger partial charge in [0.2, 0.25) is 0 Å². The molecule has 0 spiro atoms. The largest absolute Gasteiger partial charge is 0.493 e. The van der Waals surface area contributed by atoms with E-state index in [1.165, 1.54) is 10.8 Å². The van der Waals surface area contributed by atoms with E-state index in [1.807, 2.05) is 6.92 Å². The van der Waals surface area contributed by atoms with Gasteiger partial charge in [0.1, 0.15) is 17.5 Å². The topological polar surface area (TPSA) is 86.6 Å². The molecule has 28 heavy (non-hydrogen) atoms. The molecule has 8 heteroatoms. The summed E-state index contributed by atoms with van der Waals surface area (Å²) >= 11 is 0. The van der Waals surface area contributed by atoms with Crippen LogP contribution in [0, 0.1) is 5.92 Å². The lowest BCUT2D eigenvalue weighted by atomic mass is 10.0. The Morgan fingerprint density at radius 1 is 1.29 bits per heavy atom. The van der Waals surface area contributed by atoms with Crippen LogP contribution in [0.3, 0.4) is 0 Å². The van der Waals surface area contributed by atoms with Crippen LogP contribution in [-0.4, -0.2) is 38.5 Å². The molecular weight excluding hydrogens is 380 g/mol. The van der Waals surface area contributed by atoms with Crippen LogP contribution in [0.4, 0.5) is 5.69 Å². The second-order valence-corrected chi connectivity index (χ2v) is 9.67. The Kier molecular flexibility index (Phi) is 4.61. The third-order valence-corrected chi connectivity index (χ3v) is 6.17. The van der Waals surface area contributed by atoms with E-state index in [9.17, 15) is 13.2 Å². The van der Waals surface area contributed by atoms with Crippen molar-refractivity contribution in [1.82, 2.24) is 4.57 Å². The van der Waals surface area contributed by atoms with Gasteiger partial charge in [-0.25, -0.2) is 8.42 Å². The Bertz CT molecular complexity index is 1090. The Labute approximate surface area is 164 Å². The van der Waals surface area contributed by atoms with E-state index in [0.29, 0.717) is 47.4 Å². The molecule has 1 N–H and O–H groups in total. The number of sulfone groups is 1. The van der Waals surface area contributed by atoms with Crippen molar-refractivity contribution in [3.05, 3.63) is 34.7 Å². The molecule has 2 aromatic rings. The summed E-state index contributed by atoms with van der Waals surface area (Å²) in [5.41, 5.74) is 1.43. The highest BCUT2D eigenvalue weighted by Crippen LogP contribution is 2.42. The molecule has 0 saturated heterocycles. The third-order valence-electron chi connectivity index (χ3n) is 5.05. The van der Waals surface area contributed by atoms with Crippen molar-refractivity contribution in [2.24, 2.45) is 13.0 Å². The fourth-order valence-electron chi connectivity index (χ4n) is 3.25. The van der Waals surface area contributed by atoms with Crippen molar-refractivity contribution in [1.29, 1.82) is 0 Å². The summed E-state index contributed by atoms with van der Waals surface area (Å²) in [7, 11) is -1.74. The fraction of sp³-hybridized carbons (Fsp3) is 0.450. The number of hydrogen-bond acceptors (Lipinski definition) is 6. The predicted octanol–water partition coefficient (Wildman–Crippen LogP) is 2.44. The third kappa shape index (κ3) is 3.61. The van der Waals surface area contributed by atoms with Gasteiger partial charge in [0.05, 0.1) is 18.0 Å². The molecule has 7 nitrogen and oxygen atoms in total. The van der Waals surface area contributed by atoms with Crippen molar-refractivity contribution in [3.63, 3.8) is 0 Å². The van der Waals surface area contributed by atoms with E-state index in [2.05, 4.69) is 5.32 Å². The molecule has 1 fully saturated rings. The van der Waals surface area contributed by atoms with Crippen LogP contribution in [0.5, 0.6) is 11.5 Å². The quantitative estimate of drug-likeness (QED) is 0.824. The van der Waals surface area contributed by atoms with Gasteiger partial charge in [-0.3, -0.25) is 4.79 Å². The number of ether oxygens (including phenoxy) is 2. The van der Waals surface area contributed by atoms with Gasteiger partial charge in [0.15, 0.2) is 15.6 Å². The van der Waals surface area contributed by atoms with Crippen LogP contribution in [-0.2, 0) is 16.9 Å². The van der Waals surface area contributed by atoms with Gasteiger partial charge in [-0.1, -0.05) is 0 Å². The minimum atomic E-state index is -3.40. The van der Waals surface area contributed by atoms with E-state index in [4.69, 9.17) is 9.47 Å². The number of rotatable bonds is 5.